The lowest BCUT2D eigenvalue weighted by Crippen LogP contribution is -2.36. The Kier molecular flexibility index (Phi) is 3.26. The summed E-state index contributed by atoms with van der Waals surface area (Å²) < 4.78 is 1.00. The predicted molar refractivity (Wildman–Crippen MR) is 75.6 cm³/mol. The molecule has 0 saturated heterocycles. The van der Waals surface area contributed by atoms with Crippen LogP contribution in [0.15, 0.2) is 28.2 Å². The molecule has 0 bridgehead atoms. The van der Waals surface area contributed by atoms with Crippen LogP contribution in [0.2, 0.25) is 0 Å². The molecule has 2 aromatic rings. The van der Waals surface area contributed by atoms with Crippen LogP contribution in [0.1, 0.15) is 16.1 Å². The average molecular weight is 325 g/mol. The average Bonchev–Trinajstić information content (AvgIpc) is 2.95. The molecule has 5 heteroatoms. The maximum atomic E-state index is 12.2. The summed E-state index contributed by atoms with van der Waals surface area (Å²) in [4.78, 5) is 18.6. The molecule has 0 unspecified atom stereocenters. The summed E-state index contributed by atoms with van der Waals surface area (Å²) >= 11 is 5.08. The molecule has 0 atom stereocenters. The van der Waals surface area contributed by atoms with E-state index in [0.717, 1.165) is 29.0 Å². The molecule has 3 nitrogen and oxygen atoms in total. The van der Waals surface area contributed by atoms with Crippen molar-refractivity contribution in [3.05, 3.63) is 44.3 Å². The molecule has 0 fully saturated rings. The lowest BCUT2D eigenvalue weighted by Gasteiger charge is -2.26. The van der Waals surface area contributed by atoms with Crippen LogP contribution in [0.25, 0.3) is 0 Å². The summed E-state index contributed by atoms with van der Waals surface area (Å²) in [5.74, 6) is 0.223. The molecule has 0 aliphatic carbocycles. The van der Waals surface area contributed by atoms with Crippen LogP contribution in [-0.2, 0) is 24.2 Å². The first-order chi connectivity index (χ1) is 8.72. The Morgan fingerprint density at radius 3 is 3.22 bits per heavy atom. The van der Waals surface area contributed by atoms with E-state index in [4.69, 9.17) is 0 Å². The van der Waals surface area contributed by atoms with E-state index in [-0.39, 0.29) is 5.91 Å². The molecule has 1 amide bonds. The Labute approximate surface area is 118 Å². The van der Waals surface area contributed by atoms with E-state index in [1.54, 1.807) is 11.3 Å². The number of thiophene rings is 1. The van der Waals surface area contributed by atoms with Gasteiger partial charge in [0.25, 0.3) is 0 Å². The van der Waals surface area contributed by atoms with Gasteiger partial charge in [-0.3, -0.25) is 4.79 Å². The van der Waals surface area contributed by atoms with Gasteiger partial charge in [-0.1, -0.05) is 6.07 Å². The third kappa shape index (κ3) is 2.37. The highest BCUT2D eigenvalue weighted by Crippen LogP contribution is 2.23. The maximum absolute atomic E-state index is 12.2. The summed E-state index contributed by atoms with van der Waals surface area (Å²) in [5.41, 5.74) is 2.48. The zero-order valence-electron chi connectivity index (χ0n) is 9.78. The second-order valence-electron chi connectivity index (χ2n) is 4.44. The smallest absolute Gasteiger partial charge is 0.228 e. The van der Waals surface area contributed by atoms with Gasteiger partial charge in [-0.25, -0.2) is 0 Å². The number of nitrogens with zero attached hydrogens (tertiary/aromatic N) is 1. The standard InChI is InChI=1S/C13H13BrN2OS/c14-12-6-9-8-16(4-3-11(9)15-12)13(17)7-10-2-1-5-18-10/h1-2,5-6,15H,3-4,7-8H2. The summed E-state index contributed by atoms with van der Waals surface area (Å²) in [6, 6.07) is 6.08. The van der Waals surface area contributed by atoms with E-state index < -0.39 is 0 Å². The highest BCUT2D eigenvalue weighted by atomic mass is 79.9. The van der Waals surface area contributed by atoms with Gasteiger partial charge in [-0.2, -0.15) is 0 Å². The minimum atomic E-state index is 0.223. The molecule has 1 aliphatic rings. The Balaban J connectivity index is 1.70. The number of aromatic amines is 1. The Morgan fingerprint density at radius 1 is 1.56 bits per heavy atom. The summed E-state index contributed by atoms with van der Waals surface area (Å²) in [7, 11) is 0. The Hall–Kier alpha value is -1.07. The largest absolute Gasteiger partial charge is 0.353 e. The van der Waals surface area contributed by atoms with E-state index in [0.29, 0.717) is 6.42 Å². The van der Waals surface area contributed by atoms with Crippen molar-refractivity contribution >= 4 is 33.2 Å². The van der Waals surface area contributed by atoms with Crippen LogP contribution in [0.5, 0.6) is 0 Å². The second-order valence-corrected chi connectivity index (χ2v) is 6.33. The molecule has 3 heterocycles. The molecule has 0 radical (unpaired) electrons. The van der Waals surface area contributed by atoms with E-state index >= 15 is 0 Å². The van der Waals surface area contributed by atoms with E-state index in [1.165, 1.54) is 11.3 Å². The van der Waals surface area contributed by atoms with Crippen molar-refractivity contribution in [2.75, 3.05) is 6.54 Å². The lowest BCUT2D eigenvalue weighted by atomic mass is 10.1. The first-order valence-corrected chi connectivity index (χ1v) is 7.56. The first kappa shape index (κ1) is 12.0. The number of nitrogens with one attached hydrogen (secondary N) is 1. The van der Waals surface area contributed by atoms with Gasteiger partial charge < -0.3 is 9.88 Å². The normalized spacial score (nSPS) is 14.6. The van der Waals surface area contributed by atoms with Crippen LogP contribution in [0.3, 0.4) is 0 Å². The topological polar surface area (TPSA) is 36.1 Å². The molecule has 0 aromatic carbocycles. The van der Waals surface area contributed by atoms with Crippen LogP contribution in [0, 0.1) is 0 Å². The fourth-order valence-corrected chi connectivity index (χ4v) is 3.49. The molecule has 0 spiro atoms. The number of aromatic nitrogens is 1. The van der Waals surface area contributed by atoms with Crippen molar-refractivity contribution in [3.63, 3.8) is 0 Å². The number of fused-ring (bicyclic) bond motifs is 1. The van der Waals surface area contributed by atoms with Crippen LogP contribution < -0.4 is 0 Å². The number of carbonyl (C=O) groups excluding carboxylic acids is 1. The van der Waals surface area contributed by atoms with Crippen LogP contribution in [-0.4, -0.2) is 22.3 Å². The van der Waals surface area contributed by atoms with Crippen molar-refractivity contribution in [1.29, 1.82) is 0 Å². The number of hydrogen-bond donors (Lipinski definition) is 1. The zero-order valence-corrected chi connectivity index (χ0v) is 12.2. The fraction of sp³-hybridized carbons (Fsp3) is 0.308. The molecule has 1 aliphatic heterocycles. The lowest BCUT2D eigenvalue weighted by molar-refractivity contribution is -0.131. The van der Waals surface area contributed by atoms with Gasteiger partial charge in [0, 0.05) is 30.1 Å². The first-order valence-electron chi connectivity index (χ1n) is 5.89. The highest BCUT2D eigenvalue weighted by molar-refractivity contribution is 9.10. The quantitative estimate of drug-likeness (QED) is 0.905. The van der Waals surface area contributed by atoms with Gasteiger partial charge in [0.15, 0.2) is 0 Å². The van der Waals surface area contributed by atoms with E-state index in [9.17, 15) is 4.79 Å². The van der Waals surface area contributed by atoms with Gasteiger partial charge in [0.05, 0.1) is 11.0 Å². The summed E-state index contributed by atoms with van der Waals surface area (Å²) in [6.07, 6.45) is 1.44. The highest BCUT2D eigenvalue weighted by Gasteiger charge is 2.22. The number of carbonyl (C=O) groups is 1. The van der Waals surface area contributed by atoms with Gasteiger partial charge in [0.2, 0.25) is 5.91 Å². The minimum absolute atomic E-state index is 0.223. The zero-order chi connectivity index (χ0) is 12.5. The third-order valence-corrected chi connectivity index (χ3v) is 4.51. The van der Waals surface area contributed by atoms with Crippen molar-refractivity contribution in [3.8, 4) is 0 Å². The van der Waals surface area contributed by atoms with Gasteiger partial charge in [-0.05, 0) is 39.0 Å². The number of rotatable bonds is 2. The Bertz CT molecular complexity index is 562. The SMILES string of the molecule is O=C(Cc1cccs1)N1CCc2[nH]c(Br)cc2C1. The molecule has 18 heavy (non-hydrogen) atoms. The molecular formula is C13H13BrN2OS. The Morgan fingerprint density at radius 2 is 2.44 bits per heavy atom. The fourth-order valence-electron chi connectivity index (χ4n) is 2.28. The number of amides is 1. The van der Waals surface area contributed by atoms with Crippen molar-refractivity contribution in [2.45, 2.75) is 19.4 Å². The third-order valence-electron chi connectivity index (χ3n) is 3.21. The predicted octanol–water partition coefficient (Wildman–Crippen LogP) is 2.97. The molecule has 2 aromatic heterocycles. The monoisotopic (exact) mass is 324 g/mol. The molecule has 3 rings (SSSR count). The number of halogens is 1. The van der Waals surface area contributed by atoms with Gasteiger partial charge >= 0.3 is 0 Å². The molecule has 1 N–H and O–H groups in total. The second kappa shape index (κ2) is 4.90. The van der Waals surface area contributed by atoms with Crippen LogP contribution >= 0.6 is 27.3 Å². The summed E-state index contributed by atoms with van der Waals surface area (Å²) in [5, 5.41) is 2.01. The van der Waals surface area contributed by atoms with Crippen molar-refractivity contribution in [1.82, 2.24) is 9.88 Å². The van der Waals surface area contributed by atoms with E-state index in [1.807, 2.05) is 22.4 Å². The van der Waals surface area contributed by atoms with E-state index in [2.05, 4.69) is 27.0 Å². The van der Waals surface area contributed by atoms with Crippen molar-refractivity contribution < 1.29 is 4.79 Å². The number of H-pyrrole nitrogens is 1. The molecule has 0 saturated carbocycles. The van der Waals surface area contributed by atoms with Crippen molar-refractivity contribution in [2.24, 2.45) is 0 Å². The van der Waals surface area contributed by atoms with Gasteiger partial charge in [-0.15, -0.1) is 11.3 Å². The molecule has 94 valence electrons. The molecular weight excluding hydrogens is 312 g/mol. The number of hydrogen-bond acceptors (Lipinski definition) is 2. The summed E-state index contributed by atoms with van der Waals surface area (Å²) in [6.45, 7) is 1.53. The van der Waals surface area contributed by atoms with Crippen LogP contribution in [0.4, 0.5) is 0 Å². The minimum Gasteiger partial charge on any atom is -0.353 e. The maximum Gasteiger partial charge on any atom is 0.228 e. The van der Waals surface area contributed by atoms with Gasteiger partial charge in [0.1, 0.15) is 0 Å².